The first-order valence-electron chi connectivity index (χ1n) is 14.0. The van der Waals surface area contributed by atoms with Crippen molar-refractivity contribution in [2.24, 2.45) is 0 Å². The lowest BCUT2D eigenvalue weighted by Crippen LogP contribution is -2.63. The number of halogens is 1. The molecule has 2 saturated heterocycles. The quantitative estimate of drug-likeness (QED) is 0.628. The van der Waals surface area contributed by atoms with Gasteiger partial charge in [0, 0.05) is 62.0 Å². The third kappa shape index (κ3) is 5.78. The number of amides is 1. The highest BCUT2D eigenvalue weighted by atomic mass is 19.1. The highest BCUT2D eigenvalue weighted by Crippen LogP contribution is 2.39. The van der Waals surface area contributed by atoms with Crippen molar-refractivity contribution >= 4 is 11.6 Å². The number of pyridine rings is 1. The predicted octanol–water partition coefficient (Wildman–Crippen LogP) is 3.21. The lowest BCUT2D eigenvalue weighted by molar-refractivity contribution is -0.121. The molecule has 2 aromatic rings. The van der Waals surface area contributed by atoms with Crippen molar-refractivity contribution in [3.63, 3.8) is 0 Å². The molecule has 0 unspecified atom stereocenters. The minimum atomic E-state index is -0.238. The molecular weight excluding hydrogens is 481 g/mol. The van der Waals surface area contributed by atoms with Gasteiger partial charge in [0.05, 0.1) is 31.1 Å². The fraction of sp³-hybridized carbons (Fsp3) is 0.600. The number of hydrogen-bond acceptors (Lipinski definition) is 6. The summed E-state index contributed by atoms with van der Waals surface area (Å²) in [6.45, 7) is 16.1. The lowest BCUT2D eigenvalue weighted by atomic mass is 9.91. The van der Waals surface area contributed by atoms with Crippen LogP contribution in [-0.4, -0.2) is 90.8 Å². The van der Waals surface area contributed by atoms with Crippen LogP contribution in [0.5, 0.6) is 0 Å². The van der Waals surface area contributed by atoms with E-state index >= 15 is 0 Å². The van der Waals surface area contributed by atoms with E-state index in [-0.39, 0.29) is 23.2 Å². The summed E-state index contributed by atoms with van der Waals surface area (Å²) in [5.74, 6) is -0.114. The number of ether oxygens (including phenoxy) is 1. The van der Waals surface area contributed by atoms with Crippen molar-refractivity contribution in [1.82, 2.24) is 20.1 Å². The fourth-order valence-corrected chi connectivity index (χ4v) is 6.24. The van der Waals surface area contributed by atoms with Crippen LogP contribution in [0.1, 0.15) is 51.4 Å². The molecule has 1 amide bonds. The SMILES string of the molecule is C[C@@H]1CN(CC(=O)N2CC(C)(C)c3ncc(Cc4ccc(F)cc4)cc32)[C@@H](CN2[C@H](C)COC[C@@H]2C)CN1. The van der Waals surface area contributed by atoms with Crippen LogP contribution in [0.2, 0.25) is 0 Å². The molecule has 38 heavy (non-hydrogen) atoms. The summed E-state index contributed by atoms with van der Waals surface area (Å²) < 4.78 is 19.1. The van der Waals surface area contributed by atoms with E-state index in [9.17, 15) is 9.18 Å². The Balaban J connectivity index is 1.33. The van der Waals surface area contributed by atoms with Crippen molar-refractivity contribution in [2.75, 3.05) is 50.8 Å². The van der Waals surface area contributed by atoms with Crippen molar-refractivity contribution < 1.29 is 13.9 Å². The highest BCUT2D eigenvalue weighted by molar-refractivity contribution is 5.97. The molecule has 0 radical (unpaired) electrons. The number of nitrogens with zero attached hydrogens (tertiary/aromatic N) is 4. The third-order valence-electron chi connectivity index (χ3n) is 8.37. The molecule has 5 rings (SSSR count). The Morgan fingerprint density at radius 2 is 1.84 bits per heavy atom. The Kier molecular flexibility index (Phi) is 7.87. The van der Waals surface area contributed by atoms with Crippen LogP contribution in [0.25, 0.3) is 0 Å². The molecule has 8 heteroatoms. The Morgan fingerprint density at radius 3 is 2.55 bits per heavy atom. The van der Waals surface area contributed by atoms with Gasteiger partial charge in [0.25, 0.3) is 0 Å². The minimum Gasteiger partial charge on any atom is -0.378 e. The number of carbonyl (C=O) groups excluding carboxylic acids is 1. The van der Waals surface area contributed by atoms with E-state index in [1.54, 1.807) is 12.1 Å². The maximum absolute atomic E-state index is 13.9. The number of aromatic nitrogens is 1. The lowest BCUT2D eigenvalue weighted by Gasteiger charge is -2.46. The van der Waals surface area contributed by atoms with Crippen molar-refractivity contribution in [3.05, 3.63) is 59.2 Å². The Labute approximate surface area is 226 Å². The molecule has 0 spiro atoms. The summed E-state index contributed by atoms with van der Waals surface area (Å²) in [6, 6.07) is 10.0. The van der Waals surface area contributed by atoms with Crippen LogP contribution in [0.4, 0.5) is 10.1 Å². The smallest absolute Gasteiger partial charge is 0.241 e. The van der Waals surface area contributed by atoms with Crippen LogP contribution in [0.15, 0.2) is 36.5 Å². The largest absolute Gasteiger partial charge is 0.378 e. The average molecular weight is 524 g/mol. The van der Waals surface area contributed by atoms with Gasteiger partial charge in [-0.3, -0.25) is 19.6 Å². The van der Waals surface area contributed by atoms with Crippen LogP contribution in [0, 0.1) is 5.82 Å². The molecule has 0 saturated carbocycles. The van der Waals surface area contributed by atoms with Gasteiger partial charge in [-0.2, -0.15) is 0 Å². The maximum Gasteiger partial charge on any atom is 0.241 e. The first-order valence-corrected chi connectivity index (χ1v) is 14.0. The molecule has 2 fully saturated rings. The number of fused-ring (bicyclic) bond motifs is 1. The maximum atomic E-state index is 13.9. The number of rotatable bonds is 6. The molecule has 3 aliphatic heterocycles. The van der Waals surface area contributed by atoms with E-state index in [1.165, 1.54) is 12.1 Å². The van der Waals surface area contributed by atoms with E-state index in [0.29, 0.717) is 37.6 Å². The third-order valence-corrected chi connectivity index (χ3v) is 8.37. The van der Waals surface area contributed by atoms with Gasteiger partial charge in [-0.15, -0.1) is 0 Å². The Bertz CT molecular complexity index is 1130. The molecule has 3 aliphatic rings. The van der Waals surface area contributed by atoms with Crippen LogP contribution >= 0.6 is 0 Å². The molecule has 4 atom stereocenters. The number of carbonyl (C=O) groups is 1. The Hall–Kier alpha value is -2.39. The van der Waals surface area contributed by atoms with E-state index in [0.717, 1.165) is 55.4 Å². The second-order valence-electron chi connectivity index (χ2n) is 12.2. The van der Waals surface area contributed by atoms with E-state index in [2.05, 4.69) is 55.8 Å². The summed E-state index contributed by atoms with van der Waals surface area (Å²) in [7, 11) is 0. The number of nitrogens with one attached hydrogen (secondary N) is 1. The molecule has 0 aliphatic carbocycles. The van der Waals surface area contributed by atoms with Gasteiger partial charge in [-0.25, -0.2) is 4.39 Å². The molecule has 1 aromatic carbocycles. The normalized spacial score (nSPS) is 27.9. The molecule has 4 heterocycles. The molecule has 7 nitrogen and oxygen atoms in total. The van der Waals surface area contributed by atoms with Crippen LogP contribution < -0.4 is 10.2 Å². The van der Waals surface area contributed by atoms with E-state index in [4.69, 9.17) is 9.72 Å². The number of benzene rings is 1. The predicted molar refractivity (Wildman–Crippen MR) is 148 cm³/mol. The zero-order valence-electron chi connectivity index (χ0n) is 23.4. The van der Waals surface area contributed by atoms with Crippen molar-refractivity contribution in [2.45, 2.75) is 70.6 Å². The zero-order valence-corrected chi connectivity index (χ0v) is 23.4. The molecular formula is C30H42FN5O2. The van der Waals surface area contributed by atoms with Gasteiger partial charge in [-0.1, -0.05) is 26.0 Å². The standard InChI is InChI=1S/C30H42FN5O2/c1-20-14-34(26(13-32-20)15-35-21(2)17-38-18-22(35)3)16-28(37)36-19-30(4,5)29-27(36)11-24(12-33-29)10-23-6-8-25(31)9-7-23/h6-9,11-12,20-22,26,32H,10,13-19H2,1-5H3/t20-,21-,22+,26-/m1/s1. The average Bonchev–Trinajstić information content (AvgIpc) is 3.14. The van der Waals surface area contributed by atoms with Gasteiger partial charge < -0.3 is 15.0 Å². The van der Waals surface area contributed by atoms with Gasteiger partial charge in [0.15, 0.2) is 0 Å². The van der Waals surface area contributed by atoms with E-state index in [1.807, 2.05) is 11.1 Å². The zero-order chi connectivity index (χ0) is 27.0. The van der Waals surface area contributed by atoms with Gasteiger partial charge in [-0.05, 0) is 56.5 Å². The van der Waals surface area contributed by atoms with E-state index < -0.39 is 0 Å². The summed E-state index contributed by atoms with van der Waals surface area (Å²) in [5, 5.41) is 3.63. The van der Waals surface area contributed by atoms with Crippen molar-refractivity contribution in [3.8, 4) is 0 Å². The second-order valence-corrected chi connectivity index (χ2v) is 12.2. The van der Waals surface area contributed by atoms with Crippen molar-refractivity contribution in [1.29, 1.82) is 0 Å². The number of piperazine rings is 1. The molecule has 0 bridgehead atoms. The summed E-state index contributed by atoms with van der Waals surface area (Å²) in [6.07, 6.45) is 2.55. The minimum absolute atomic E-state index is 0.125. The first kappa shape index (κ1) is 27.2. The summed E-state index contributed by atoms with van der Waals surface area (Å²) in [5.41, 5.74) is 3.71. The molecule has 206 valence electrons. The first-order chi connectivity index (χ1) is 18.1. The Morgan fingerprint density at radius 1 is 1.13 bits per heavy atom. The molecule has 1 aromatic heterocycles. The second kappa shape index (κ2) is 11.0. The van der Waals surface area contributed by atoms with Gasteiger partial charge in [0.2, 0.25) is 5.91 Å². The summed E-state index contributed by atoms with van der Waals surface area (Å²) >= 11 is 0. The monoisotopic (exact) mass is 523 g/mol. The van der Waals surface area contributed by atoms with Gasteiger partial charge >= 0.3 is 0 Å². The molecule has 1 N–H and O–H groups in total. The topological polar surface area (TPSA) is 60.9 Å². The fourth-order valence-electron chi connectivity index (χ4n) is 6.24. The summed E-state index contributed by atoms with van der Waals surface area (Å²) in [4.78, 5) is 25.6. The highest BCUT2D eigenvalue weighted by Gasteiger charge is 2.41. The number of hydrogen-bond donors (Lipinski definition) is 1. The number of morpholine rings is 1. The van der Waals surface area contributed by atoms with Gasteiger partial charge in [0.1, 0.15) is 5.82 Å². The van der Waals surface area contributed by atoms with Crippen LogP contribution in [-0.2, 0) is 21.4 Å². The van der Waals surface area contributed by atoms with Crippen LogP contribution in [0.3, 0.4) is 0 Å². The number of anilines is 1.